The third-order valence-electron chi connectivity index (χ3n) is 4.36. The van der Waals surface area contributed by atoms with E-state index in [1.165, 1.54) is 42.5 Å². The summed E-state index contributed by atoms with van der Waals surface area (Å²) in [5, 5.41) is 33.4. The van der Waals surface area contributed by atoms with Gasteiger partial charge in [-0.25, -0.2) is 19.3 Å². The number of rotatable bonds is 14. The summed E-state index contributed by atoms with van der Waals surface area (Å²) in [5.74, 6) is -3.67. The van der Waals surface area contributed by atoms with Crippen molar-refractivity contribution < 1.29 is 68.6 Å². The SMILES string of the molecule is CC(=O)Oc1ccccc1C(=O)OCOC(=O)c1ccccc1OC(=O)CCC(CON(O)O)ON(O)O. The quantitative estimate of drug-likeness (QED) is 0.116. The van der Waals surface area contributed by atoms with E-state index in [0.717, 1.165) is 6.92 Å². The van der Waals surface area contributed by atoms with Crippen LogP contribution < -0.4 is 9.47 Å². The minimum Gasteiger partial charge on any atom is -0.426 e. The van der Waals surface area contributed by atoms with Gasteiger partial charge in [0.1, 0.15) is 35.3 Å². The van der Waals surface area contributed by atoms with Gasteiger partial charge in [0.2, 0.25) is 6.79 Å². The first kappa shape index (κ1) is 30.2. The van der Waals surface area contributed by atoms with Crippen molar-refractivity contribution in [3.8, 4) is 11.5 Å². The molecule has 38 heavy (non-hydrogen) atoms. The molecule has 4 N–H and O–H groups in total. The molecule has 0 saturated carbocycles. The molecule has 16 heteroatoms. The molecule has 2 aromatic rings. The number of para-hydroxylation sites is 2. The second-order valence-electron chi connectivity index (χ2n) is 7.11. The van der Waals surface area contributed by atoms with Crippen LogP contribution in [0.25, 0.3) is 0 Å². The number of esters is 4. The van der Waals surface area contributed by atoms with E-state index < -0.39 is 54.2 Å². The zero-order chi connectivity index (χ0) is 28.1. The van der Waals surface area contributed by atoms with Crippen molar-refractivity contribution in [3.63, 3.8) is 0 Å². The van der Waals surface area contributed by atoms with E-state index in [-0.39, 0.29) is 35.5 Å². The van der Waals surface area contributed by atoms with E-state index in [2.05, 4.69) is 9.68 Å². The topological polar surface area (TPSA) is 211 Å². The third-order valence-corrected chi connectivity index (χ3v) is 4.36. The average Bonchev–Trinajstić information content (AvgIpc) is 2.85. The van der Waals surface area contributed by atoms with Crippen LogP contribution in [0.1, 0.15) is 40.5 Å². The molecule has 1 atom stereocenters. The maximum absolute atomic E-state index is 12.5. The van der Waals surface area contributed by atoms with Gasteiger partial charge in [-0.3, -0.25) is 30.4 Å². The summed E-state index contributed by atoms with van der Waals surface area (Å²) in [5.41, 5.74) is -0.251. The van der Waals surface area contributed by atoms with Crippen LogP contribution in [0.15, 0.2) is 48.5 Å². The van der Waals surface area contributed by atoms with E-state index >= 15 is 0 Å². The molecule has 2 aromatic carbocycles. The van der Waals surface area contributed by atoms with Gasteiger partial charge < -0.3 is 18.9 Å². The van der Waals surface area contributed by atoms with E-state index in [1.54, 1.807) is 6.07 Å². The molecule has 0 amide bonds. The maximum atomic E-state index is 12.5. The smallest absolute Gasteiger partial charge is 0.344 e. The minimum absolute atomic E-state index is 0.0384. The fourth-order valence-electron chi connectivity index (χ4n) is 2.80. The lowest BCUT2D eigenvalue weighted by atomic mass is 10.2. The second kappa shape index (κ2) is 15.3. The van der Waals surface area contributed by atoms with E-state index in [4.69, 9.17) is 39.8 Å². The molecular weight excluding hydrogens is 516 g/mol. The molecule has 1 unspecified atom stereocenters. The minimum atomic E-state index is -1.22. The lowest BCUT2D eigenvalue weighted by Gasteiger charge is -2.18. The number of hydrogen-bond acceptors (Lipinski definition) is 16. The van der Waals surface area contributed by atoms with Gasteiger partial charge in [0.15, 0.2) is 0 Å². The first-order chi connectivity index (χ1) is 18.1. The zero-order valence-electron chi connectivity index (χ0n) is 19.8. The summed E-state index contributed by atoms with van der Waals surface area (Å²) in [6.07, 6.45) is -1.84. The van der Waals surface area contributed by atoms with Gasteiger partial charge in [-0.1, -0.05) is 24.3 Å². The molecule has 206 valence electrons. The second-order valence-corrected chi connectivity index (χ2v) is 7.11. The molecule has 0 spiro atoms. The molecule has 2 rings (SSSR count). The molecule has 0 bridgehead atoms. The Balaban J connectivity index is 1.93. The number of ether oxygens (including phenoxy) is 4. The standard InChI is InChI=1S/C22H24N2O14/c1-14(25)36-18-8-4-2-6-16(18)21(27)33-13-34-22(28)17-7-3-5-9-19(17)37-20(26)11-10-15(38-24(31)32)12-35-23(29)30/h2-9,15,29-32H,10-13H2,1H3. The predicted molar refractivity (Wildman–Crippen MR) is 116 cm³/mol. The van der Waals surface area contributed by atoms with Crippen molar-refractivity contribution in [2.45, 2.75) is 25.9 Å². The monoisotopic (exact) mass is 540 g/mol. The van der Waals surface area contributed by atoms with Crippen LogP contribution in [0, 0.1) is 0 Å². The Kier molecular flexibility index (Phi) is 12.2. The van der Waals surface area contributed by atoms with Crippen LogP contribution in [-0.2, 0) is 28.7 Å². The Bertz CT molecular complexity index is 1110. The summed E-state index contributed by atoms with van der Waals surface area (Å²) in [7, 11) is 0. The van der Waals surface area contributed by atoms with Crippen LogP contribution in [0.5, 0.6) is 11.5 Å². The summed E-state index contributed by atoms with van der Waals surface area (Å²) >= 11 is 0. The summed E-state index contributed by atoms with van der Waals surface area (Å²) < 4.78 is 19.9. The molecule has 0 saturated heterocycles. The van der Waals surface area contributed by atoms with E-state index in [9.17, 15) is 19.2 Å². The zero-order valence-corrected chi connectivity index (χ0v) is 19.8. The first-order valence-electron chi connectivity index (χ1n) is 10.6. The Morgan fingerprint density at radius 2 is 1.32 bits per heavy atom. The molecule has 0 heterocycles. The fourth-order valence-corrected chi connectivity index (χ4v) is 2.80. The van der Waals surface area contributed by atoms with Gasteiger partial charge in [0.05, 0.1) is 10.8 Å². The van der Waals surface area contributed by atoms with Gasteiger partial charge in [-0.05, 0) is 30.7 Å². The molecular formula is C22H24N2O14. The van der Waals surface area contributed by atoms with Crippen LogP contribution >= 0.6 is 0 Å². The fraction of sp³-hybridized carbons (Fsp3) is 0.273. The number of hydrogen-bond donors (Lipinski definition) is 4. The van der Waals surface area contributed by atoms with Gasteiger partial charge >= 0.3 is 23.9 Å². The van der Waals surface area contributed by atoms with Crippen LogP contribution in [0.2, 0.25) is 0 Å². The molecule has 0 fully saturated rings. The molecule has 0 aliphatic heterocycles. The van der Waals surface area contributed by atoms with E-state index in [1.807, 2.05) is 0 Å². The van der Waals surface area contributed by atoms with Crippen molar-refractivity contribution in [2.24, 2.45) is 0 Å². The summed E-state index contributed by atoms with van der Waals surface area (Å²) in [6, 6.07) is 11.3. The highest BCUT2D eigenvalue weighted by atomic mass is 17.1. The van der Waals surface area contributed by atoms with Crippen molar-refractivity contribution in [3.05, 3.63) is 59.7 Å². The summed E-state index contributed by atoms with van der Waals surface area (Å²) in [4.78, 5) is 57.1. The molecule has 0 aliphatic carbocycles. The first-order valence-corrected chi connectivity index (χ1v) is 10.6. The third kappa shape index (κ3) is 10.5. The van der Waals surface area contributed by atoms with Crippen molar-refractivity contribution in [1.29, 1.82) is 0 Å². The molecule has 0 aliphatic rings. The normalized spacial score (nSPS) is 11.7. The van der Waals surface area contributed by atoms with Crippen molar-refractivity contribution in [1.82, 2.24) is 10.8 Å². The predicted octanol–water partition coefficient (Wildman–Crippen LogP) is 1.66. The highest BCUT2D eigenvalue weighted by molar-refractivity contribution is 5.94. The summed E-state index contributed by atoms with van der Waals surface area (Å²) in [6.45, 7) is -0.239. The Hall–Kier alpha value is -4.00. The van der Waals surface area contributed by atoms with Gasteiger partial charge in [-0.15, -0.1) is 0 Å². The van der Waals surface area contributed by atoms with Crippen molar-refractivity contribution in [2.75, 3.05) is 13.4 Å². The Morgan fingerprint density at radius 3 is 1.82 bits per heavy atom. The lowest BCUT2D eigenvalue weighted by molar-refractivity contribution is -0.527. The maximum Gasteiger partial charge on any atom is 0.344 e. The van der Waals surface area contributed by atoms with Crippen LogP contribution in [0.4, 0.5) is 0 Å². The Morgan fingerprint density at radius 1 is 0.789 bits per heavy atom. The average molecular weight is 540 g/mol. The number of nitrogens with zero attached hydrogens (tertiary/aromatic N) is 2. The van der Waals surface area contributed by atoms with Gasteiger partial charge in [-0.2, -0.15) is 0 Å². The van der Waals surface area contributed by atoms with Gasteiger partial charge in [0, 0.05) is 13.3 Å². The lowest BCUT2D eigenvalue weighted by Crippen LogP contribution is -2.31. The van der Waals surface area contributed by atoms with Gasteiger partial charge in [0.25, 0.3) is 0 Å². The Labute approximate surface area is 214 Å². The van der Waals surface area contributed by atoms with Crippen molar-refractivity contribution >= 4 is 23.9 Å². The highest BCUT2D eigenvalue weighted by Crippen LogP contribution is 2.21. The van der Waals surface area contributed by atoms with Crippen LogP contribution in [0.3, 0.4) is 0 Å². The molecule has 0 aromatic heterocycles. The number of carbonyl (C=O) groups excluding carboxylic acids is 4. The van der Waals surface area contributed by atoms with Crippen LogP contribution in [-0.4, -0.2) is 75.0 Å². The molecule has 16 nitrogen and oxygen atoms in total. The highest BCUT2D eigenvalue weighted by Gasteiger charge is 2.21. The largest absolute Gasteiger partial charge is 0.426 e. The van der Waals surface area contributed by atoms with E-state index in [0.29, 0.717) is 0 Å². The number of benzene rings is 2. The molecule has 0 radical (unpaired) electrons. The number of carbonyl (C=O) groups is 4.